The Bertz CT molecular complexity index is 346. The molecule has 1 rings (SSSR count). The van der Waals surface area contributed by atoms with Crippen molar-refractivity contribution in [3.63, 3.8) is 0 Å². The van der Waals surface area contributed by atoms with E-state index < -0.39 is 0 Å². The average molecular weight is 307 g/mol. The lowest BCUT2D eigenvalue weighted by molar-refractivity contribution is 0.168. The van der Waals surface area contributed by atoms with Crippen molar-refractivity contribution in [2.24, 2.45) is 0 Å². The molecule has 1 aromatic carbocycles. The summed E-state index contributed by atoms with van der Waals surface area (Å²) >= 11 is 9.58. The molecule has 16 heavy (non-hydrogen) atoms. The maximum Gasteiger partial charge on any atom is 0.0613 e. The second kappa shape index (κ2) is 6.60. The van der Waals surface area contributed by atoms with Crippen molar-refractivity contribution in [3.05, 3.63) is 33.3 Å². The van der Waals surface area contributed by atoms with Gasteiger partial charge in [0.05, 0.1) is 6.61 Å². The van der Waals surface area contributed by atoms with Gasteiger partial charge in [0, 0.05) is 28.7 Å². The molecule has 0 amide bonds. The molecule has 0 aliphatic carbocycles. The molecule has 0 spiro atoms. The summed E-state index contributed by atoms with van der Waals surface area (Å²) in [6.07, 6.45) is 0. The van der Waals surface area contributed by atoms with E-state index in [2.05, 4.69) is 35.1 Å². The van der Waals surface area contributed by atoms with Gasteiger partial charge in [-0.1, -0.05) is 33.6 Å². The Labute approximate surface area is 110 Å². The van der Waals surface area contributed by atoms with Gasteiger partial charge in [0.15, 0.2) is 0 Å². The van der Waals surface area contributed by atoms with Crippen LogP contribution in [0.25, 0.3) is 0 Å². The fraction of sp³-hybridized carbons (Fsp3) is 0.500. The van der Waals surface area contributed by atoms with Crippen LogP contribution in [0.2, 0.25) is 5.02 Å². The van der Waals surface area contributed by atoms with Crippen molar-refractivity contribution < 1.29 is 4.74 Å². The Hall–Kier alpha value is -0.0900. The van der Waals surface area contributed by atoms with Gasteiger partial charge in [-0.15, -0.1) is 0 Å². The monoisotopic (exact) mass is 305 g/mol. The van der Waals surface area contributed by atoms with Gasteiger partial charge in [0.1, 0.15) is 0 Å². The zero-order valence-corrected chi connectivity index (χ0v) is 12.1. The van der Waals surface area contributed by atoms with Gasteiger partial charge < -0.3 is 10.1 Å². The molecule has 0 bridgehead atoms. The van der Waals surface area contributed by atoms with Crippen LogP contribution < -0.4 is 5.32 Å². The Morgan fingerprint density at radius 3 is 2.69 bits per heavy atom. The number of benzene rings is 1. The summed E-state index contributed by atoms with van der Waals surface area (Å²) in [5.74, 6) is 0. The van der Waals surface area contributed by atoms with Gasteiger partial charge in [-0.25, -0.2) is 0 Å². The first-order valence-electron chi connectivity index (χ1n) is 5.24. The number of rotatable bonds is 5. The molecule has 1 N–H and O–H groups in total. The predicted molar refractivity (Wildman–Crippen MR) is 72.0 cm³/mol. The molecule has 0 saturated carbocycles. The van der Waals surface area contributed by atoms with Crippen LogP contribution in [0.1, 0.15) is 25.5 Å². The Balaban J connectivity index is 2.69. The number of hydrogen-bond donors (Lipinski definition) is 1. The van der Waals surface area contributed by atoms with E-state index in [1.54, 1.807) is 7.11 Å². The predicted octanol–water partition coefficient (Wildman–Crippen LogP) is 3.79. The van der Waals surface area contributed by atoms with Crippen LogP contribution in [0.3, 0.4) is 0 Å². The summed E-state index contributed by atoms with van der Waals surface area (Å²) < 4.78 is 6.09. The van der Waals surface area contributed by atoms with Crippen LogP contribution in [-0.2, 0) is 4.74 Å². The first-order chi connectivity index (χ1) is 7.54. The van der Waals surface area contributed by atoms with Crippen LogP contribution in [-0.4, -0.2) is 19.8 Å². The summed E-state index contributed by atoms with van der Waals surface area (Å²) in [6.45, 7) is 4.88. The Morgan fingerprint density at radius 2 is 2.12 bits per heavy atom. The molecule has 1 aromatic rings. The molecular weight excluding hydrogens is 289 g/mol. The minimum atomic E-state index is 0.214. The molecule has 0 fully saturated rings. The van der Waals surface area contributed by atoms with Crippen LogP contribution in [0, 0.1) is 0 Å². The molecule has 2 nitrogen and oxygen atoms in total. The average Bonchev–Trinajstić information content (AvgIpc) is 2.17. The Morgan fingerprint density at radius 1 is 1.44 bits per heavy atom. The summed E-state index contributed by atoms with van der Waals surface area (Å²) in [6, 6.07) is 6.46. The van der Waals surface area contributed by atoms with Crippen molar-refractivity contribution >= 4 is 27.5 Å². The minimum absolute atomic E-state index is 0.214. The van der Waals surface area contributed by atoms with Gasteiger partial charge in [-0.05, 0) is 31.5 Å². The van der Waals surface area contributed by atoms with Gasteiger partial charge in [-0.3, -0.25) is 0 Å². The van der Waals surface area contributed by atoms with E-state index in [0.717, 1.165) is 15.1 Å². The lowest BCUT2D eigenvalue weighted by Crippen LogP contribution is -2.32. The van der Waals surface area contributed by atoms with Crippen molar-refractivity contribution in [2.45, 2.75) is 25.9 Å². The molecule has 0 radical (unpaired) electrons. The highest BCUT2D eigenvalue weighted by molar-refractivity contribution is 9.10. The molecular formula is C12H17BrClNO. The van der Waals surface area contributed by atoms with E-state index >= 15 is 0 Å². The number of ether oxygens (including phenoxy) is 1. The molecule has 0 aliphatic heterocycles. The minimum Gasteiger partial charge on any atom is -0.383 e. The molecule has 0 saturated heterocycles. The van der Waals surface area contributed by atoms with Crippen LogP contribution >= 0.6 is 27.5 Å². The van der Waals surface area contributed by atoms with Gasteiger partial charge in [0.2, 0.25) is 0 Å². The number of halogens is 2. The van der Waals surface area contributed by atoms with Crippen molar-refractivity contribution in [3.8, 4) is 0 Å². The van der Waals surface area contributed by atoms with Gasteiger partial charge >= 0.3 is 0 Å². The first-order valence-corrected chi connectivity index (χ1v) is 6.41. The second-order valence-corrected chi connectivity index (χ2v) is 5.23. The molecule has 0 heterocycles. The maximum atomic E-state index is 6.18. The fourth-order valence-electron chi connectivity index (χ4n) is 1.67. The largest absolute Gasteiger partial charge is 0.383 e. The standard InChI is InChI=1S/C12H17BrClNO/c1-8(7-16-3)15-9(2)11-5-4-10(13)6-12(11)14/h4-6,8-9,15H,7H2,1-3H3. The molecule has 90 valence electrons. The lowest BCUT2D eigenvalue weighted by atomic mass is 10.1. The van der Waals surface area contributed by atoms with E-state index in [1.165, 1.54) is 0 Å². The number of methoxy groups -OCH3 is 1. The highest BCUT2D eigenvalue weighted by atomic mass is 79.9. The highest BCUT2D eigenvalue weighted by Crippen LogP contribution is 2.26. The third kappa shape index (κ3) is 4.06. The third-order valence-corrected chi connectivity index (χ3v) is 3.20. The highest BCUT2D eigenvalue weighted by Gasteiger charge is 2.12. The lowest BCUT2D eigenvalue weighted by Gasteiger charge is -2.20. The van der Waals surface area contributed by atoms with Crippen molar-refractivity contribution in [1.29, 1.82) is 0 Å². The smallest absolute Gasteiger partial charge is 0.0613 e. The third-order valence-electron chi connectivity index (χ3n) is 2.38. The molecule has 2 unspecified atom stereocenters. The summed E-state index contributed by atoms with van der Waals surface area (Å²) in [5, 5.41) is 4.21. The van der Waals surface area contributed by atoms with Crippen molar-refractivity contribution in [1.82, 2.24) is 5.32 Å². The van der Waals surface area contributed by atoms with Crippen LogP contribution in [0.4, 0.5) is 0 Å². The van der Waals surface area contributed by atoms with Crippen LogP contribution in [0.15, 0.2) is 22.7 Å². The molecule has 2 atom stereocenters. The topological polar surface area (TPSA) is 21.3 Å². The zero-order chi connectivity index (χ0) is 12.1. The molecule has 0 aromatic heterocycles. The fourth-order valence-corrected chi connectivity index (χ4v) is 2.50. The molecule has 0 aliphatic rings. The van der Waals surface area contributed by atoms with Crippen molar-refractivity contribution in [2.75, 3.05) is 13.7 Å². The van der Waals surface area contributed by atoms with E-state index in [4.69, 9.17) is 16.3 Å². The normalized spacial score (nSPS) is 14.8. The summed E-state index contributed by atoms with van der Waals surface area (Å²) in [4.78, 5) is 0. The Kier molecular flexibility index (Phi) is 5.76. The SMILES string of the molecule is COCC(C)NC(C)c1ccc(Br)cc1Cl. The summed E-state index contributed by atoms with van der Waals surface area (Å²) in [5.41, 5.74) is 1.10. The second-order valence-electron chi connectivity index (χ2n) is 3.91. The quantitative estimate of drug-likeness (QED) is 0.893. The first kappa shape index (κ1) is 14.0. The number of nitrogens with one attached hydrogen (secondary N) is 1. The molecule has 4 heteroatoms. The maximum absolute atomic E-state index is 6.18. The van der Waals surface area contributed by atoms with Crippen LogP contribution in [0.5, 0.6) is 0 Å². The van der Waals surface area contributed by atoms with E-state index in [1.807, 2.05) is 18.2 Å². The summed E-state index contributed by atoms with van der Waals surface area (Å²) in [7, 11) is 1.70. The van der Waals surface area contributed by atoms with E-state index in [-0.39, 0.29) is 6.04 Å². The zero-order valence-electron chi connectivity index (χ0n) is 9.76. The number of hydrogen-bond acceptors (Lipinski definition) is 2. The van der Waals surface area contributed by atoms with E-state index in [9.17, 15) is 0 Å². The van der Waals surface area contributed by atoms with Gasteiger partial charge in [-0.2, -0.15) is 0 Å². The van der Waals surface area contributed by atoms with E-state index in [0.29, 0.717) is 12.6 Å². The van der Waals surface area contributed by atoms with Gasteiger partial charge in [0.25, 0.3) is 0 Å².